The van der Waals surface area contributed by atoms with Gasteiger partial charge in [0.2, 0.25) is 0 Å². The first-order valence-corrected chi connectivity index (χ1v) is 6.24. The van der Waals surface area contributed by atoms with Gasteiger partial charge in [-0.3, -0.25) is 9.36 Å². The normalized spacial score (nSPS) is 15.6. The standard InChI is InChI=1S/C11H13BrN4/c1-15-7-9(11(12)14-15)10-4-5-16(13-10)6-8-2-3-8/h4-5,7-8H,2-3,6H2,1H3. The zero-order valence-corrected chi connectivity index (χ0v) is 10.7. The van der Waals surface area contributed by atoms with Crippen LogP contribution in [-0.4, -0.2) is 19.6 Å². The molecule has 0 bridgehead atoms. The predicted octanol–water partition coefficient (Wildman–Crippen LogP) is 2.46. The molecule has 0 amide bonds. The topological polar surface area (TPSA) is 35.6 Å². The SMILES string of the molecule is Cn1cc(-c2ccn(CC3CC3)n2)c(Br)n1. The summed E-state index contributed by atoms with van der Waals surface area (Å²) in [6.45, 7) is 1.05. The van der Waals surface area contributed by atoms with Gasteiger partial charge in [-0.25, -0.2) is 0 Å². The Morgan fingerprint density at radius 1 is 1.44 bits per heavy atom. The number of rotatable bonds is 3. The number of nitrogens with zero attached hydrogens (tertiary/aromatic N) is 4. The molecule has 2 heterocycles. The fourth-order valence-corrected chi connectivity index (χ4v) is 2.36. The summed E-state index contributed by atoms with van der Waals surface area (Å²) in [6.07, 6.45) is 6.73. The molecule has 1 aliphatic rings. The Morgan fingerprint density at radius 3 is 2.88 bits per heavy atom. The summed E-state index contributed by atoms with van der Waals surface area (Å²) < 4.78 is 4.68. The largest absolute Gasteiger partial charge is 0.274 e. The monoisotopic (exact) mass is 280 g/mol. The maximum Gasteiger partial charge on any atom is 0.137 e. The highest BCUT2D eigenvalue weighted by molar-refractivity contribution is 9.10. The summed E-state index contributed by atoms with van der Waals surface area (Å²) in [7, 11) is 1.91. The van der Waals surface area contributed by atoms with Crippen LogP contribution in [0.25, 0.3) is 11.3 Å². The molecule has 84 valence electrons. The Bertz CT molecular complexity index is 510. The van der Waals surface area contributed by atoms with Gasteiger partial charge in [0.05, 0.1) is 11.3 Å². The lowest BCUT2D eigenvalue weighted by Gasteiger charge is -1.97. The van der Waals surface area contributed by atoms with Gasteiger partial charge in [-0.1, -0.05) is 0 Å². The third-order valence-electron chi connectivity index (χ3n) is 2.84. The second kappa shape index (κ2) is 3.73. The van der Waals surface area contributed by atoms with Crippen molar-refractivity contribution in [3.63, 3.8) is 0 Å². The minimum Gasteiger partial charge on any atom is -0.274 e. The number of halogens is 1. The lowest BCUT2D eigenvalue weighted by atomic mass is 10.3. The van der Waals surface area contributed by atoms with Gasteiger partial charge in [0, 0.05) is 26.0 Å². The molecule has 1 saturated carbocycles. The Labute approximate surface area is 102 Å². The van der Waals surface area contributed by atoms with Crippen LogP contribution in [0.5, 0.6) is 0 Å². The Balaban J connectivity index is 1.87. The maximum atomic E-state index is 4.57. The molecular weight excluding hydrogens is 268 g/mol. The highest BCUT2D eigenvalue weighted by Crippen LogP contribution is 2.31. The Hall–Kier alpha value is -1.10. The van der Waals surface area contributed by atoms with Crippen molar-refractivity contribution in [2.24, 2.45) is 13.0 Å². The van der Waals surface area contributed by atoms with Gasteiger partial charge in [0.25, 0.3) is 0 Å². The summed E-state index contributed by atoms with van der Waals surface area (Å²) in [5, 5.41) is 8.82. The quantitative estimate of drug-likeness (QED) is 0.866. The van der Waals surface area contributed by atoms with Gasteiger partial charge >= 0.3 is 0 Å². The number of hydrogen-bond acceptors (Lipinski definition) is 2. The van der Waals surface area contributed by atoms with Crippen LogP contribution in [0.2, 0.25) is 0 Å². The molecule has 5 heteroatoms. The van der Waals surface area contributed by atoms with Crippen molar-refractivity contribution in [2.45, 2.75) is 19.4 Å². The van der Waals surface area contributed by atoms with Crippen molar-refractivity contribution in [2.75, 3.05) is 0 Å². The third-order valence-corrected chi connectivity index (χ3v) is 3.43. The van der Waals surface area contributed by atoms with E-state index < -0.39 is 0 Å². The van der Waals surface area contributed by atoms with Crippen molar-refractivity contribution in [1.82, 2.24) is 19.6 Å². The smallest absolute Gasteiger partial charge is 0.137 e. The minimum absolute atomic E-state index is 0.852. The van der Waals surface area contributed by atoms with Crippen LogP contribution in [0, 0.1) is 5.92 Å². The van der Waals surface area contributed by atoms with Crippen LogP contribution in [0.15, 0.2) is 23.1 Å². The van der Waals surface area contributed by atoms with E-state index >= 15 is 0 Å². The van der Waals surface area contributed by atoms with Crippen molar-refractivity contribution < 1.29 is 0 Å². The van der Waals surface area contributed by atoms with E-state index in [-0.39, 0.29) is 0 Å². The summed E-state index contributed by atoms with van der Waals surface area (Å²) in [5.41, 5.74) is 2.04. The van der Waals surface area contributed by atoms with E-state index in [9.17, 15) is 0 Å². The summed E-state index contributed by atoms with van der Waals surface area (Å²) >= 11 is 3.45. The summed E-state index contributed by atoms with van der Waals surface area (Å²) in [4.78, 5) is 0. The van der Waals surface area contributed by atoms with Gasteiger partial charge in [0.1, 0.15) is 4.60 Å². The van der Waals surface area contributed by atoms with Crippen LogP contribution < -0.4 is 0 Å². The van der Waals surface area contributed by atoms with Crippen molar-refractivity contribution in [3.8, 4) is 11.3 Å². The van der Waals surface area contributed by atoms with Crippen molar-refractivity contribution in [3.05, 3.63) is 23.1 Å². The zero-order chi connectivity index (χ0) is 11.1. The summed E-state index contributed by atoms with van der Waals surface area (Å²) in [5.74, 6) is 0.852. The molecule has 0 radical (unpaired) electrons. The van der Waals surface area contributed by atoms with E-state index in [0.717, 1.165) is 28.3 Å². The first-order chi connectivity index (χ1) is 7.72. The maximum absolute atomic E-state index is 4.57. The van der Waals surface area contributed by atoms with Crippen LogP contribution in [0.4, 0.5) is 0 Å². The molecule has 4 nitrogen and oxygen atoms in total. The van der Waals surface area contributed by atoms with E-state index in [1.54, 1.807) is 4.68 Å². The van der Waals surface area contributed by atoms with Gasteiger partial charge in [-0.2, -0.15) is 10.2 Å². The van der Waals surface area contributed by atoms with E-state index in [2.05, 4.69) is 26.1 Å². The lowest BCUT2D eigenvalue weighted by Crippen LogP contribution is -1.99. The molecule has 0 unspecified atom stereocenters. The van der Waals surface area contributed by atoms with E-state index in [1.807, 2.05) is 30.2 Å². The Kier molecular flexibility index (Phi) is 2.35. The molecule has 2 aromatic heterocycles. The van der Waals surface area contributed by atoms with Gasteiger partial charge < -0.3 is 0 Å². The third kappa shape index (κ3) is 1.91. The van der Waals surface area contributed by atoms with E-state index in [1.165, 1.54) is 12.8 Å². The van der Waals surface area contributed by atoms with Crippen LogP contribution in [0.1, 0.15) is 12.8 Å². The molecule has 0 aromatic carbocycles. The summed E-state index contributed by atoms with van der Waals surface area (Å²) in [6, 6.07) is 2.05. The first-order valence-electron chi connectivity index (χ1n) is 5.45. The highest BCUT2D eigenvalue weighted by Gasteiger charge is 2.22. The average Bonchev–Trinajstić information content (AvgIpc) is 2.80. The predicted molar refractivity (Wildman–Crippen MR) is 64.9 cm³/mol. The molecule has 0 spiro atoms. The molecule has 16 heavy (non-hydrogen) atoms. The zero-order valence-electron chi connectivity index (χ0n) is 9.10. The van der Waals surface area contributed by atoms with E-state index in [4.69, 9.17) is 0 Å². The fraction of sp³-hybridized carbons (Fsp3) is 0.455. The molecule has 0 saturated heterocycles. The molecule has 0 atom stereocenters. The minimum atomic E-state index is 0.852. The number of hydrogen-bond donors (Lipinski definition) is 0. The number of aryl methyl sites for hydroxylation is 1. The number of aromatic nitrogens is 4. The van der Waals surface area contributed by atoms with E-state index in [0.29, 0.717) is 0 Å². The molecule has 1 aliphatic carbocycles. The average molecular weight is 281 g/mol. The van der Waals surface area contributed by atoms with Crippen molar-refractivity contribution >= 4 is 15.9 Å². The second-order valence-corrected chi connectivity index (χ2v) is 5.12. The molecule has 3 rings (SSSR count). The molecule has 0 aliphatic heterocycles. The van der Waals surface area contributed by atoms with Crippen LogP contribution in [0.3, 0.4) is 0 Å². The molecule has 2 aromatic rings. The van der Waals surface area contributed by atoms with Crippen LogP contribution >= 0.6 is 15.9 Å². The second-order valence-electron chi connectivity index (χ2n) is 4.37. The fourth-order valence-electron chi connectivity index (χ4n) is 1.81. The first kappa shape index (κ1) is 10.1. The van der Waals surface area contributed by atoms with Crippen molar-refractivity contribution in [1.29, 1.82) is 0 Å². The molecular formula is C11H13BrN4. The highest BCUT2D eigenvalue weighted by atomic mass is 79.9. The molecule has 1 fully saturated rings. The van der Waals surface area contributed by atoms with Gasteiger partial charge in [0.15, 0.2) is 0 Å². The lowest BCUT2D eigenvalue weighted by molar-refractivity contribution is 0.564. The molecule has 0 N–H and O–H groups in total. The van der Waals surface area contributed by atoms with Crippen LogP contribution in [-0.2, 0) is 13.6 Å². The Morgan fingerprint density at radius 2 is 2.25 bits per heavy atom. The van der Waals surface area contributed by atoms with Gasteiger partial charge in [-0.15, -0.1) is 0 Å². The van der Waals surface area contributed by atoms with Gasteiger partial charge in [-0.05, 0) is 40.8 Å².